The van der Waals surface area contributed by atoms with Gasteiger partial charge in [0.2, 0.25) is 11.9 Å². The predicted molar refractivity (Wildman–Crippen MR) is 106 cm³/mol. The Hall–Kier alpha value is -4.01. The molecule has 0 bridgehead atoms. The molecule has 5 N–H and O–H groups in total. The lowest BCUT2D eigenvalue weighted by atomic mass is 10.2. The highest BCUT2D eigenvalue weighted by Crippen LogP contribution is 2.20. The average molecular weight is 377 g/mol. The van der Waals surface area contributed by atoms with Gasteiger partial charge in [0.15, 0.2) is 0 Å². The maximum atomic E-state index is 11.7. The van der Waals surface area contributed by atoms with Crippen LogP contribution in [0.3, 0.4) is 0 Å². The van der Waals surface area contributed by atoms with Crippen molar-refractivity contribution in [2.75, 3.05) is 16.0 Å². The maximum absolute atomic E-state index is 11.7. The molecule has 0 saturated carbocycles. The lowest BCUT2D eigenvalue weighted by molar-refractivity contribution is -0.114. The maximum Gasteiger partial charge on any atom is 0.254 e. The van der Waals surface area contributed by atoms with E-state index in [9.17, 15) is 9.59 Å². The Morgan fingerprint density at radius 1 is 1.11 bits per heavy atom. The van der Waals surface area contributed by atoms with Crippen molar-refractivity contribution in [2.24, 2.45) is 5.73 Å². The van der Waals surface area contributed by atoms with E-state index in [0.717, 1.165) is 5.56 Å². The van der Waals surface area contributed by atoms with Crippen molar-refractivity contribution in [1.29, 1.82) is 0 Å². The molecular formula is C19H19N7O2. The number of nitrogens with one attached hydrogen (secondary N) is 3. The lowest BCUT2D eigenvalue weighted by Gasteiger charge is -2.12. The monoisotopic (exact) mass is 377 g/mol. The minimum absolute atomic E-state index is 0.165. The molecule has 1 aromatic carbocycles. The fraction of sp³-hybridized carbons (Fsp3) is 0.105. The third-order valence-corrected chi connectivity index (χ3v) is 3.70. The third kappa shape index (κ3) is 5.01. The summed E-state index contributed by atoms with van der Waals surface area (Å²) in [7, 11) is 0. The summed E-state index contributed by atoms with van der Waals surface area (Å²) in [6, 6.07) is 10.8. The van der Waals surface area contributed by atoms with Crippen LogP contribution in [0.15, 0.2) is 55.0 Å². The molecule has 0 aliphatic carbocycles. The number of carbonyl (C=O) groups excluding carboxylic acids is 2. The van der Waals surface area contributed by atoms with Gasteiger partial charge < -0.3 is 21.7 Å². The van der Waals surface area contributed by atoms with Crippen molar-refractivity contribution >= 4 is 35.0 Å². The minimum atomic E-state index is -0.628. The van der Waals surface area contributed by atoms with Crippen LogP contribution < -0.4 is 21.7 Å². The summed E-state index contributed by atoms with van der Waals surface area (Å²) in [4.78, 5) is 35.4. The number of primary amides is 1. The van der Waals surface area contributed by atoms with E-state index in [4.69, 9.17) is 5.73 Å². The molecule has 3 rings (SSSR count). The Bertz CT molecular complexity index is 993. The molecule has 2 heterocycles. The van der Waals surface area contributed by atoms with Gasteiger partial charge in [0.05, 0.1) is 5.56 Å². The molecule has 9 nitrogen and oxygen atoms in total. The highest BCUT2D eigenvalue weighted by atomic mass is 16.1. The van der Waals surface area contributed by atoms with Gasteiger partial charge in [-0.3, -0.25) is 14.6 Å². The SMILES string of the molecule is CC(=O)Nc1cccc(Nc2ncc(C(N)=O)c(NCc3ccncc3)n2)c1. The molecule has 0 fully saturated rings. The summed E-state index contributed by atoms with van der Waals surface area (Å²) < 4.78 is 0. The Balaban J connectivity index is 1.80. The van der Waals surface area contributed by atoms with Gasteiger partial charge in [-0.25, -0.2) is 4.98 Å². The van der Waals surface area contributed by atoms with Gasteiger partial charge in [-0.1, -0.05) is 6.07 Å². The van der Waals surface area contributed by atoms with Crippen molar-refractivity contribution in [3.8, 4) is 0 Å². The zero-order valence-electron chi connectivity index (χ0n) is 15.1. The first kappa shape index (κ1) is 18.8. The van der Waals surface area contributed by atoms with Gasteiger partial charge in [0, 0.05) is 43.4 Å². The molecule has 2 amide bonds. The smallest absolute Gasteiger partial charge is 0.254 e. The van der Waals surface area contributed by atoms with E-state index in [1.54, 1.807) is 36.7 Å². The van der Waals surface area contributed by atoms with Crippen LogP contribution in [0.4, 0.5) is 23.1 Å². The van der Waals surface area contributed by atoms with E-state index in [1.165, 1.54) is 13.1 Å². The average Bonchev–Trinajstić information content (AvgIpc) is 2.67. The van der Waals surface area contributed by atoms with Crippen molar-refractivity contribution in [2.45, 2.75) is 13.5 Å². The van der Waals surface area contributed by atoms with E-state index >= 15 is 0 Å². The third-order valence-electron chi connectivity index (χ3n) is 3.70. The number of pyridine rings is 1. The van der Waals surface area contributed by atoms with Gasteiger partial charge in [-0.2, -0.15) is 4.98 Å². The number of rotatable bonds is 7. The summed E-state index contributed by atoms with van der Waals surface area (Å²) >= 11 is 0. The normalized spacial score (nSPS) is 10.2. The van der Waals surface area contributed by atoms with Crippen LogP contribution in [0.25, 0.3) is 0 Å². The topological polar surface area (TPSA) is 135 Å². The van der Waals surface area contributed by atoms with E-state index in [-0.39, 0.29) is 17.4 Å². The molecule has 0 spiro atoms. The van der Waals surface area contributed by atoms with Crippen LogP contribution in [-0.4, -0.2) is 26.8 Å². The highest BCUT2D eigenvalue weighted by Gasteiger charge is 2.12. The minimum Gasteiger partial charge on any atom is -0.365 e. The molecule has 28 heavy (non-hydrogen) atoms. The van der Waals surface area contributed by atoms with Gasteiger partial charge in [-0.15, -0.1) is 0 Å². The molecule has 0 atom stereocenters. The number of nitrogens with two attached hydrogens (primary N) is 1. The second-order valence-electron chi connectivity index (χ2n) is 5.92. The molecule has 3 aromatic rings. The van der Waals surface area contributed by atoms with Crippen molar-refractivity contribution in [3.63, 3.8) is 0 Å². The second kappa shape index (κ2) is 8.58. The Morgan fingerprint density at radius 3 is 2.57 bits per heavy atom. The zero-order chi connectivity index (χ0) is 19.9. The number of benzene rings is 1. The number of hydrogen-bond donors (Lipinski definition) is 4. The Morgan fingerprint density at radius 2 is 1.86 bits per heavy atom. The fourth-order valence-corrected chi connectivity index (χ4v) is 2.45. The lowest BCUT2D eigenvalue weighted by Crippen LogP contribution is -2.17. The van der Waals surface area contributed by atoms with E-state index in [0.29, 0.717) is 23.7 Å². The van der Waals surface area contributed by atoms with E-state index < -0.39 is 5.91 Å². The first-order chi connectivity index (χ1) is 13.5. The largest absolute Gasteiger partial charge is 0.365 e. The van der Waals surface area contributed by atoms with E-state index in [2.05, 4.69) is 30.9 Å². The summed E-state index contributed by atoms with van der Waals surface area (Å²) in [5, 5.41) is 8.85. The van der Waals surface area contributed by atoms with Crippen LogP contribution in [0, 0.1) is 0 Å². The fourth-order valence-electron chi connectivity index (χ4n) is 2.45. The number of nitrogens with zero attached hydrogens (tertiary/aromatic N) is 3. The van der Waals surface area contributed by atoms with Crippen molar-refractivity contribution < 1.29 is 9.59 Å². The Kier molecular flexibility index (Phi) is 5.75. The number of carbonyl (C=O) groups is 2. The molecular weight excluding hydrogens is 358 g/mol. The molecule has 0 unspecified atom stereocenters. The first-order valence-corrected chi connectivity index (χ1v) is 8.45. The van der Waals surface area contributed by atoms with Crippen LogP contribution in [-0.2, 0) is 11.3 Å². The molecule has 142 valence electrons. The highest BCUT2D eigenvalue weighted by molar-refractivity contribution is 5.97. The van der Waals surface area contributed by atoms with Crippen molar-refractivity contribution in [1.82, 2.24) is 15.0 Å². The molecule has 0 aliphatic heterocycles. The summed E-state index contributed by atoms with van der Waals surface area (Å²) in [6.45, 7) is 1.88. The van der Waals surface area contributed by atoms with Crippen LogP contribution in [0.5, 0.6) is 0 Å². The predicted octanol–water partition coefficient (Wildman–Crippen LogP) is 2.28. The summed E-state index contributed by atoms with van der Waals surface area (Å²) in [5.41, 5.74) is 7.90. The summed E-state index contributed by atoms with van der Waals surface area (Å²) in [5.74, 6) is -0.194. The first-order valence-electron chi connectivity index (χ1n) is 8.45. The molecule has 0 radical (unpaired) electrons. The summed E-state index contributed by atoms with van der Waals surface area (Å²) in [6.07, 6.45) is 4.73. The van der Waals surface area contributed by atoms with Crippen LogP contribution in [0.2, 0.25) is 0 Å². The van der Waals surface area contributed by atoms with Gasteiger partial charge in [-0.05, 0) is 35.9 Å². The van der Waals surface area contributed by atoms with Gasteiger partial charge in [0.1, 0.15) is 5.82 Å². The number of amides is 2. The zero-order valence-corrected chi connectivity index (χ0v) is 15.1. The van der Waals surface area contributed by atoms with Crippen molar-refractivity contribution in [3.05, 3.63) is 66.1 Å². The molecule has 9 heteroatoms. The number of anilines is 4. The number of hydrogen-bond acceptors (Lipinski definition) is 7. The number of aromatic nitrogens is 3. The van der Waals surface area contributed by atoms with Gasteiger partial charge >= 0.3 is 0 Å². The van der Waals surface area contributed by atoms with E-state index in [1.807, 2.05) is 12.1 Å². The van der Waals surface area contributed by atoms with Crippen LogP contribution >= 0.6 is 0 Å². The molecule has 0 aliphatic rings. The Labute approximate surface area is 161 Å². The molecule has 2 aromatic heterocycles. The second-order valence-corrected chi connectivity index (χ2v) is 5.92. The standard InChI is InChI=1S/C19H19N7O2/c1-12(27)24-14-3-2-4-15(9-14)25-19-23-11-16(17(20)28)18(26-19)22-10-13-5-7-21-8-6-13/h2-9,11H,10H2,1H3,(H2,20,28)(H,24,27)(H2,22,23,25,26). The molecule has 0 saturated heterocycles. The quantitative estimate of drug-likeness (QED) is 0.496. The van der Waals surface area contributed by atoms with Crippen LogP contribution in [0.1, 0.15) is 22.8 Å². The van der Waals surface area contributed by atoms with Gasteiger partial charge in [0.25, 0.3) is 5.91 Å².